The van der Waals surface area contributed by atoms with Crippen LogP contribution in [0.2, 0.25) is 0 Å². The molecule has 4 aromatic rings. The van der Waals surface area contributed by atoms with Crippen molar-refractivity contribution in [3.8, 4) is 11.6 Å². The van der Waals surface area contributed by atoms with E-state index in [2.05, 4.69) is 47.9 Å². The third-order valence-electron chi connectivity index (χ3n) is 3.82. The van der Waals surface area contributed by atoms with Gasteiger partial charge in [0.15, 0.2) is 15.6 Å². The van der Waals surface area contributed by atoms with Gasteiger partial charge in [-0.25, -0.2) is 0 Å². The molecule has 0 spiro atoms. The van der Waals surface area contributed by atoms with Gasteiger partial charge in [-0.1, -0.05) is 42.1 Å². The highest BCUT2D eigenvalue weighted by Gasteiger charge is 2.17. The maximum atomic E-state index is 5.70. The number of thioether (sulfide) groups is 1. The summed E-state index contributed by atoms with van der Waals surface area (Å²) in [6.07, 6.45) is 3.88. The number of aryl methyl sites for hydroxylation is 1. The fourth-order valence-electron chi connectivity index (χ4n) is 2.62. The molecule has 0 aliphatic heterocycles. The molecule has 26 heavy (non-hydrogen) atoms. The van der Waals surface area contributed by atoms with Crippen LogP contribution in [0.4, 0.5) is 0 Å². The Morgan fingerprint density at radius 1 is 1.08 bits per heavy atom. The van der Waals surface area contributed by atoms with Gasteiger partial charge in [0, 0.05) is 24.6 Å². The average Bonchev–Trinajstić information content (AvgIpc) is 3.35. The standard InChI is InChI=1S/C18H16BrN5OS/c1-23-10-14(9-20-23)12-26-18-22-21-17(15-7-8-16(19)25-15)24(18)11-13-5-3-2-4-6-13/h2-10H,11-12H2,1H3. The molecule has 3 heterocycles. The molecule has 0 N–H and O–H groups in total. The van der Waals surface area contributed by atoms with E-state index in [4.69, 9.17) is 4.42 Å². The smallest absolute Gasteiger partial charge is 0.200 e. The normalized spacial score (nSPS) is 11.2. The Bertz CT molecular complexity index is 1010. The first-order valence-electron chi connectivity index (χ1n) is 8.02. The number of benzene rings is 1. The molecule has 0 saturated heterocycles. The zero-order valence-electron chi connectivity index (χ0n) is 14.0. The zero-order valence-corrected chi connectivity index (χ0v) is 16.4. The van der Waals surface area contributed by atoms with Crippen molar-refractivity contribution in [3.63, 3.8) is 0 Å². The van der Waals surface area contributed by atoms with Crippen LogP contribution in [0.5, 0.6) is 0 Å². The van der Waals surface area contributed by atoms with E-state index in [9.17, 15) is 0 Å². The van der Waals surface area contributed by atoms with E-state index in [0.29, 0.717) is 22.8 Å². The minimum Gasteiger partial charge on any atom is -0.446 e. The molecule has 0 aliphatic rings. The lowest BCUT2D eigenvalue weighted by molar-refractivity contribution is 0.545. The molecular weight excluding hydrogens is 414 g/mol. The van der Waals surface area contributed by atoms with Gasteiger partial charge in [-0.3, -0.25) is 9.25 Å². The van der Waals surface area contributed by atoms with E-state index < -0.39 is 0 Å². The maximum Gasteiger partial charge on any atom is 0.200 e. The van der Waals surface area contributed by atoms with Crippen molar-refractivity contribution in [2.24, 2.45) is 7.05 Å². The molecule has 0 fully saturated rings. The van der Waals surface area contributed by atoms with Crippen molar-refractivity contribution >= 4 is 27.7 Å². The highest BCUT2D eigenvalue weighted by atomic mass is 79.9. The van der Waals surface area contributed by atoms with Crippen molar-refractivity contribution in [1.29, 1.82) is 0 Å². The van der Waals surface area contributed by atoms with E-state index in [1.54, 1.807) is 16.4 Å². The van der Waals surface area contributed by atoms with E-state index in [1.165, 1.54) is 5.56 Å². The van der Waals surface area contributed by atoms with Crippen molar-refractivity contribution in [3.05, 3.63) is 70.7 Å². The van der Waals surface area contributed by atoms with Crippen molar-refractivity contribution in [2.75, 3.05) is 0 Å². The first kappa shape index (κ1) is 17.1. The molecule has 0 saturated carbocycles. The van der Waals surface area contributed by atoms with Gasteiger partial charge in [0.05, 0.1) is 12.7 Å². The summed E-state index contributed by atoms with van der Waals surface area (Å²) in [6.45, 7) is 0.677. The van der Waals surface area contributed by atoms with E-state index >= 15 is 0 Å². The Balaban J connectivity index is 1.65. The van der Waals surface area contributed by atoms with Crippen LogP contribution in [0.3, 0.4) is 0 Å². The summed E-state index contributed by atoms with van der Waals surface area (Å²) < 4.78 is 10.3. The predicted octanol–water partition coefficient (Wildman–Crippen LogP) is 4.37. The summed E-state index contributed by atoms with van der Waals surface area (Å²) in [5.41, 5.74) is 2.33. The van der Waals surface area contributed by atoms with Gasteiger partial charge in [-0.15, -0.1) is 10.2 Å². The average molecular weight is 430 g/mol. The van der Waals surface area contributed by atoms with Crippen LogP contribution in [0.1, 0.15) is 11.1 Å². The number of furan rings is 1. The molecule has 0 bridgehead atoms. The van der Waals surface area contributed by atoms with Gasteiger partial charge in [-0.2, -0.15) is 5.10 Å². The topological polar surface area (TPSA) is 61.7 Å². The summed E-state index contributed by atoms with van der Waals surface area (Å²) in [4.78, 5) is 0. The maximum absolute atomic E-state index is 5.70. The lowest BCUT2D eigenvalue weighted by Crippen LogP contribution is -2.03. The summed E-state index contributed by atoms with van der Waals surface area (Å²) >= 11 is 4.99. The fraction of sp³-hybridized carbons (Fsp3) is 0.167. The highest BCUT2D eigenvalue weighted by molar-refractivity contribution is 9.10. The minimum atomic E-state index is 0.673. The van der Waals surface area contributed by atoms with Gasteiger partial charge >= 0.3 is 0 Å². The summed E-state index contributed by atoms with van der Waals surface area (Å²) in [6, 6.07) is 14.0. The second-order valence-electron chi connectivity index (χ2n) is 5.79. The van der Waals surface area contributed by atoms with Gasteiger partial charge < -0.3 is 4.42 Å². The van der Waals surface area contributed by atoms with Crippen LogP contribution in [0, 0.1) is 0 Å². The van der Waals surface area contributed by atoms with E-state index in [-0.39, 0.29) is 0 Å². The third-order valence-corrected chi connectivity index (χ3v) is 5.28. The van der Waals surface area contributed by atoms with Crippen LogP contribution in [-0.2, 0) is 19.3 Å². The predicted molar refractivity (Wildman–Crippen MR) is 104 cm³/mol. The quantitative estimate of drug-likeness (QED) is 0.425. The lowest BCUT2D eigenvalue weighted by atomic mass is 10.2. The number of rotatable bonds is 6. The molecule has 0 radical (unpaired) electrons. The van der Waals surface area contributed by atoms with Crippen LogP contribution >= 0.6 is 27.7 Å². The van der Waals surface area contributed by atoms with Crippen LogP contribution < -0.4 is 0 Å². The molecule has 8 heteroatoms. The minimum absolute atomic E-state index is 0.673. The van der Waals surface area contributed by atoms with Gasteiger partial charge in [0.2, 0.25) is 5.82 Å². The molecule has 132 valence electrons. The summed E-state index contributed by atoms with van der Waals surface area (Å²) in [5.74, 6) is 2.18. The Labute approximate surface area is 163 Å². The molecular formula is C18H16BrN5OS. The fourth-order valence-corrected chi connectivity index (χ4v) is 3.77. The number of hydrogen-bond donors (Lipinski definition) is 0. The van der Waals surface area contributed by atoms with Gasteiger partial charge in [-0.05, 0) is 33.6 Å². The van der Waals surface area contributed by atoms with E-state index in [0.717, 1.165) is 16.5 Å². The van der Waals surface area contributed by atoms with Gasteiger partial charge in [0.25, 0.3) is 0 Å². The lowest BCUT2D eigenvalue weighted by Gasteiger charge is -2.09. The van der Waals surface area contributed by atoms with Crippen LogP contribution in [0.15, 0.2) is 69.1 Å². The molecule has 1 aromatic carbocycles. The monoisotopic (exact) mass is 429 g/mol. The molecule has 0 aliphatic carbocycles. The molecule has 0 atom stereocenters. The molecule has 3 aromatic heterocycles. The second kappa shape index (κ2) is 7.51. The Kier molecular flexibility index (Phi) is 4.94. The summed E-state index contributed by atoms with van der Waals surface area (Å²) in [5, 5.41) is 13.8. The zero-order chi connectivity index (χ0) is 17.9. The largest absolute Gasteiger partial charge is 0.446 e. The SMILES string of the molecule is Cn1cc(CSc2nnc(-c3ccc(Br)o3)n2Cc2ccccc2)cn1. The Morgan fingerprint density at radius 3 is 2.62 bits per heavy atom. The van der Waals surface area contributed by atoms with Gasteiger partial charge in [0.1, 0.15) is 0 Å². The Morgan fingerprint density at radius 2 is 1.92 bits per heavy atom. The van der Waals surface area contributed by atoms with Crippen LogP contribution in [-0.4, -0.2) is 24.5 Å². The van der Waals surface area contributed by atoms with Crippen molar-refractivity contribution in [2.45, 2.75) is 17.5 Å². The first-order chi connectivity index (χ1) is 12.7. The highest BCUT2D eigenvalue weighted by Crippen LogP contribution is 2.29. The number of halogens is 1. The second-order valence-corrected chi connectivity index (χ2v) is 7.52. The number of nitrogens with zero attached hydrogens (tertiary/aromatic N) is 5. The van der Waals surface area contributed by atoms with Crippen molar-refractivity contribution < 1.29 is 4.42 Å². The molecule has 0 amide bonds. The van der Waals surface area contributed by atoms with E-state index in [1.807, 2.05) is 49.8 Å². The molecule has 6 nitrogen and oxygen atoms in total. The van der Waals surface area contributed by atoms with Crippen molar-refractivity contribution in [1.82, 2.24) is 24.5 Å². The Hall–Kier alpha value is -2.32. The third kappa shape index (κ3) is 3.76. The molecule has 0 unspecified atom stereocenters. The number of aromatic nitrogens is 5. The first-order valence-corrected chi connectivity index (χ1v) is 9.80. The summed E-state index contributed by atoms with van der Waals surface area (Å²) in [7, 11) is 1.92. The number of hydrogen-bond acceptors (Lipinski definition) is 5. The molecule has 4 rings (SSSR count). The van der Waals surface area contributed by atoms with Crippen LogP contribution in [0.25, 0.3) is 11.6 Å².